The standard InChI is InChI=1S/C6H11FO2/c1-3-5(7)6(8)4(2)9-3/h3-6,8H,1-2H3/t3-,4+,5+,6+/m0/s1. The predicted molar refractivity (Wildman–Crippen MR) is 30.9 cm³/mol. The fourth-order valence-electron chi connectivity index (χ4n) is 1.03. The molecule has 0 saturated carbocycles. The molecule has 0 aromatic heterocycles. The van der Waals surface area contributed by atoms with Gasteiger partial charge in [0.25, 0.3) is 0 Å². The summed E-state index contributed by atoms with van der Waals surface area (Å²) >= 11 is 0. The number of halogens is 1. The molecule has 0 spiro atoms. The summed E-state index contributed by atoms with van der Waals surface area (Å²) in [6, 6.07) is 0. The summed E-state index contributed by atoms with van der Waals surface area (Å²) in [6.07, 6.45) is -2.94. The zero-order valence-corrected chi connectivity index (χ0v) is 5.54. The second kappa shape index (κ2) is 2.23. The molecule has 1 saturated heterocycles. The van der Waals surface area contributed by atoms with Crippen LogP contribution >= 0.6 is 0 Å². The highest BCUT2D eigenvalue weighted by Gasteiger charge is 2.38. The van der Waals surface area contributed by atoms with Crippen molar-refractivity contribution in [2.75, 3.05) is 0 Å². The quantitative estimate of drug-likeness (QED) is 0.522. The van der Waals surface area contributed by atoms with E-state index in [1.807, 2.05) is 0 Å². The third-order valence-electron chi connectivity index (χ3n) is 1.68. The summed E-state index contributed by atoms with van der Waals surface area (Å²) in [5.41, 5.74) is 0. The van der Waals surface area contributed by atoms with Gasteiger partial charge in [-0.05, 0) is 13.8 Å². The van der Waals surface area contributed by atoms with Gasteiger partial charge in [0.2, 0.25) is 0 Å². The Kier molecular flexibility index (Phi) is 1.73. The molecule has 0 unspecified atom stereocenters. The number of alkyl halides is 1. The van der Waals surface area contributed by atoms with Gasteiger partial charge >= 0.3 is 0 Å². The van der Waals surface area contributed by atoms with E-state index in [0.717, 1.165) is 0 Å². The first kappa shape index (κ1) is 6.96. The molecule has 2 nitrogen and oxygen atoms in total. The molecule has 1 rings (SSSR count). The van der Waals surface area contributed by atoms with E-state index in [-0.39, 0.29) is 6.10 Å². The summed E-state index contributed by atoms with van der Waals surface area (Å²) < 4.78 is 17.5. The summed E-state index contributed by atoms with van der Waals surface area (Å²) in [4.78, 5) is 0. The van der Waals surface area contributed by atoms with Gasteiger partial charge in [0.15, 0.2) is 6.17 Å². The largest absolute Gasteiger partial charge is 0.387 e. The van der Waals surface area contributed by atoms with Gasteiger partial charge in [-0.1, -0.05) is 0 Å². The molecule has 1 N–H and O–H groups in total. The lowest BCUT2D eigenvalue weighted by molar-refractivity contribution is 0.0287. The lowest BCUT2D eigenvalue weighted by atomic mass is 10.1. The van der Waals surface area contributed by atoms with Gasteiger partial charge in [-0.2, -0.15) is 0 Å². The number of hydrogen-bond donors (Lipinski definition) is 1. The van der Waals surface area contributed by atoms with Gasteiger partial charge in [-0.3, -0.25) is 0 Å². The van der Waals surface area contributed by atoms with Crippen LogP contribution in [0.3, 0.4) is 0 Å². The Morgan fingerprint density at radius 3 is 2.00 bits per heavy atom. The lowest BCUT2D eigenvalue weighted by Crippen LogP contribution is -2.26. The van der Waals surface area contributed by atoms with Crippen LogP contribution in [-0.4, -0.2) is 29.6 Å². The minimum absolute atomic E-state index is 0.352. The zero-order valence-electron chi connectivity index (χ0n) is 5.54. The van der Waals surface area contributed by atoms with Gasteiger partial charge in [0.1, 0.15) is 6.10 Å². The predicted octanol–water partition coefficient (Wildman–Crippen LogP) is 0.493. The van der Waals surface area contributed by atoms with Crippen molar-refractivity contribution in [2.45, 2.75) is 38.3 Å². The summed E-state index contributed by atoms with van der Waals surface area (Å²) in [7, 11) is 0. The number of hydrogen-bond acceptors (Lipinski definition) is 2. The van der Waals surface area contributed by atoms with E-state index in [1.54, 1.807) is 13.8 Å². The molecule has 0 radical (unpaired) electrons. The van der Waals surface area contributed by atoms with Crippen LogP contribution in [0.15, 0.2) is 0 Å². The second-order valence-corrected chi connectivity index (χ2v) is 2.48. The van der Waals surface area contributed by atoms with E-state index < -0.39 is 18.4 Å². The zero-order chi connectivity index (χ0) is 7.02. The van der Waals surface area contributed by atoms with E-state index in [4.69, 9.17) is 9.84 Å². The maximum absolute atomic E-state index is 12.6. The fraction of sp³-hybridized carbons (Fsp3) is 1.00. The smallest absolute Gasteiger partial charge is 0.154 e. The molecule has 0 aromatic carbocycles. The first-order valence-electron chi connectivity index (χ1n) is 3.10. The van der Waals surface area contributed by atoms with Crippen molar-refractivity contribution < 1.29 is 14.2 Å². The fourth-order valence-corrected chi connectivity index (χ4v) is 1.03. The van der Waals surface area contributed by atoms with Crippen molar-refractivity contribution in [3.63, 3.8) is 0 Å². The monoisotopic (exact) mass is 134 g/mol. The maximum Gasteiger partial charge on any atom is 0.154 e. The molecule has 0 amide bonds. The van der Waals surface area contributed by atoms with Crippen LogP contribution in [0.5, 0.6) is 0 Å². The Bertz CT molecular complexity index is 95.2. The molecule has 0 bridgehead atoms. The number of rotatable bonds is 0. The van der Waals surface area contributed by atoms with E-state index in [1.165, 1.54) is 0 Å². The number of ether oxygens (including phenoxy) is 1. The van der Waals surface area contributed by atoms with Crippen LogP contribution in [0.1, 0.15) is 13.8 Å². The van der Waals surface area contributed by atoms with Crippen molar-refractivity contribution in [1.29, 1.82) is 0 Å². The second-order valence-electron chi connectivity index (χ2n) is 2.48. The average Bonchev–Trinajstić information content (AvgIpc) is 1.98. The van der Waals surface area contributed by atoms with Gasteiger partial charge < -0.3 is 9.84 Å². The average molecular weight is 134 g/mol. The van der Waals surface area contributed by atoms with Gasteiger partial charge in [-0.15, -0.1) is 0 Å². The summed E-state index contributed by atoms with van der Waals surface area (Å²) in [5, 5.41) is 8.94. The van der Waals surface area contributed by atoms with Gasteiger partial charge in [0, 0.05) is 0 Å². The van der Waals surface area contributed by atoms with Crippen LogP contribution in [0.4, 0.5) is 4.39 Å². The highest BCUT2D eigenvalue weighted by molar-refractivity contribution is 4.85. The first-order valence-corrected chi connectivity index (χ1v) is 3.10. The highest BCUT2D eigenvalue weighted by Crippen LogP contribution is 2.22. The number of aliphatic hydroxyl groups excluding tert-OH is 1. The Morgan fingerprint density at radius 1 is 1.33 bits per heavy atom. The molecule has 1 aliphatic rings. The van der Waals surface area contributed by atoms with Crippen LogP contribution in [-0.2, 0) is 4.74 Å². The molecule has 1 aliphatic heterocycles. The highest BCUT2D eigenvalue weighted by atomic mass is 19.1. The topological polar surface area (TPSA) is 29.5 Å². The van der Waals surface area contributed by atoms with Crippen molar-refractivity contribution in [1.82, 2.24) is 0 Å². The SMILES string of the molecule is C[C@@H]1O[C@H](C)[C@@H](O)[C@@H]1F. The van der Waals surface area contributed by atoms with Crippen LogP contribution < -0.4 is 0 Å². The van der Waals surface area contributed by atoms with Crippen molar-refractivity contribution in [2.24, 2.45) is 0 Å². The van der Waals surface area contributed by atoms with Crippen LogP contribution in [0.2, 0.25) is 0 Å². The number of aliphatic hydroxyl groups is 1. The van der Waals surface area contributed by atoms with Gasteiger partial charge in [-0.25, -0.2) is 4.39 Å². The van der Waals surface area contributed by atoms with E-state index >= 15 is 0 Å². The van der Waals surface area contributed by atoms with Crippen molar-refractivity contribution in [3.8, 4) is 0 Å². The maximum atomic E-state index is 12.6. The molecular formula is C6H11FO2. The summed E-state index contributed by atoms with van der Waals surface area (Å²) in [5.74, 6) is 0. The van der Waals surface area contributed by atoms with Crippen LogP contribution in [0.25, 0.3) is 0 Å². The Balaban J connectivity index is 2.54. The van der Waals surface area contributed by atoms with E-state index in [9.17, 15) is 4.39 Å². The Hall–Kier alpha value is -0.150. The Labute approximate surface area is 53.6 Å². The van der Waals surface area contributed by atoms with Crippen LogP contribution in [0, 0.1) is 0 Å². The molecule has 4 atom stereocenters. The molecular weight excluding hydrogens is 123 g/mol. The normalized spacial score (nSPS) is 52.0. The molecule has 9 heavy (non-hydrogen) atoms. The molecule has 1 fully saturated rings. The molecule has 54 valence electrons. The molecule has 1 heterocycles. The molecule has 3 heteroatoms. The summed E-state index contributed by atoms with van der Waals surface area (Å²) in [6.45, 7) is 3.29. The minimum Gasteiger partial charge on any atom is -0.387 e. The molecule has 0 aromatic rings. The lowest BCUT2D eigenvalue weighted by Gasteiger charge is -2.05. The van der Waals surface area contributed by atoms with Gasteiger partial charge in [0.05, 0.1) is 12.2 Å². The van der Waals surface area contributed by atoms with Crippen molar-refractivity contribution >= 4 is 0 Å². The van der Waals surface area contributed by atoms with Crippen molar-refractivity contribution in [3.05, 3.63) is 0 Å². The van der Waals surface area contributed by atoms with E-state index in [0.29, 0.717) is 0 Å². The Morgan fingerprint density at radius 2 is 1.89 bits per heavy atom. The minimum atomic E-state index is -1.21. The third-order valence-corrected chi connectivity index (χ3v) is 1.68. The van der Waals surface area contributed by atoms with E-state index in [2.05, 4.69) is 0 Å². The third kappa shape index (κ3) is 1.07. The molecule has 0 aliphatic carbocycles. The first-order chi connectivity index (χ1) is 4.13.